The van der Waals surface area contributed by atoms with Gasteiger partial charge in [-0.15, -0.1) is 0 Å². The van der Waals surface area contributed by atoms with Crippen molar-refractivity contribution < 1.29 is 4.79 Å². The molecule has 0 unspecified atom stereocenters. The number of carbonyl (C=O) groups excluding carboxylic acids is 1. The van der Waals surface area contributed by atoms with E-state index in [0.717, 1.165) is 50.0 Å². The highest BCUT2D eigenvalue weighted by Gasteiger charge is 2.19. The second-order valence-electron chi connectivity index (χ2n) is 8.03. The highest BCUT2D eigenvalue weighted by Crippen LogP contribution is 2.39. The van der Waals surface area contributed by atoms with Crippen LogP contribution in [0.15, 0.2) is 82.7 Å². The Morgan fingerprint density at radius 3 is 2.66 bits per heavy atom. The Kier molecular flexibility index (Phi) is 7.43. The van der Waals surface area contributed by atoms with Crippen LogP contribution in [0, 0.1) is 0 Å². The van der Waals surface area contributed by atoms with Gasteiger partial charge in [0.05, 0.1) is 5.69 Å². The minimum absolute atomic E-state index is 0.138. The number of allylic oxidation sites excluding steroid dienone is 1. The molecule has 1 aliphatic rings. The third kappa shape index (κ3) is 4.97. The number of hydrogen-bond acceptors (Lipinski definition) is 3. The zero-order valence-electron chi connectivity index (χ0n) is 18.9. The van der Waals surface area contributed by atoms with Crippen LogP contribution in [0.5, 0.6) is 0 Å². The van der Waals surface area contributed by atoms with Crippen LogP contribution in [-0.2, 0) is 6.42 Å². The van der Waals surface area contributed by atoms with Crippen LogP contribution in [-0.4, -0.2) is 28.9 Å². The number of pyridine rings is 1. The minimum atomic E-state index is 0.138. The summed E-state index contributed by atoms with van der Waals surface area (Å²) in [7, 11) is 0. The SMILES string of the molecule is CCCCN(CC)C(=O)c1ccc2c(c1)CC/C=C(\c1ccccn1)c1ccccc1S2. The van der Waals surface area contributed by atoms with E-state index in [1.165, 1.54) is 26.5 Å². The fraction of sp³-hybridized carbons (Fsp3) is 0.286. The second-order valence-corrected chi connectivity index (χ2v) is 9.11. The molecule has 1 aliphatic heterocycles. The molecule has 2 heterocycles. The fourth-order valence-corrected chi connectivity index (χ4v) is 5.19. The number of fused-ring (bicyclic) bond motifs is 2. The van der Waals surface area contributed by atoms with Gasteiger partial charge >= 0.3 is 0 Å². The van der Waals surface area contributed by atoms with Gasteiger partial charge in [0.1, 0.15) is 0 Å². The molecule has 164 valence electrons. The standard InChI is InChI=1S/C28H30N2OS/c1-3-5-19-30(4-2)28(31)22-16-17-26-21(20-22)11-10-13-23(25-14-8-9-18-29-25)24-12-6-7-15-27(24)32-26/h6-9,12-18,20H,3-5,10-11,19H2,1-2H3/b23-13-. The lowest BCUT2D eigenvalue weighted by Crippen LogP contribution is -2.31. The Hall–Kier alpha value is -2.85. The normalized spacial score (nSPS) is 14.8. The van der Waals surface area contributed by atoms with E-state index in [4.69, 9.17) is 0 Å². The summed E-state index contributed by atoms with van der Waals surface area (Å²) in [6, 6.07) is 20.8. The van der Waals surface area contributed by atoms with Crippen LogP contribution in [0.25, 0.3) is 5.57 Å². The van der Waals surface area contributed by atoms with Crippen molar-refractivity contribution in [3.05, 3.63) is 95.3 Å². The summed E-state index contributed by atoms with van der Waals surface area (Å²) in [5.74, 6) is 0.138. The molecule has 0 radical (unpaired) electrons. The largest absolute Gasteiger partial charge is 0.339 e. The summed E-state index contributed by atoms with van der Waals surface area (Å²) < 4.78 is 0. The van der Waals surface area contributed by atoms with Crippen LogP contribution in [0.1, 0.15) is 60.3 Å². The van der Waals surface area contributed by atoms with E-state index >= 15 is 0 Å². The van der Waals surface area contributed by atoms with Crippen molar-refractivity contribution in [3.8, 4) is 0 Å². The second kappa shape index (κ2) is 10.6. The van der Waals surface area contributed by atoms with E-state index in [2.05, 4.69) is 67.4 Å². The average molecular weight is 443 g/mol. The predicted molar refractivity (Wildman–Crippen MR) is 133 cm³/mol. The number of nitrogens with zero attached hydrogens (tertiary/aromatic N) is 2. The van der Waals surface area contributed by atoms with Gasteiger partial charge in [-0.2, -0.15) is 0 Å². The van der Waals surface area contributed by atoms with Crippen molar-refractivity contribution in [2.24, 2.45) is 0 Å². The fourth-order valence-electron chi connectivity index (χ4n) is 4.09. The molecule has 0 spiro atoms. The minimum Gasteiger partial charge on any atom is -0.339 e. The molecule has 32 heavy (non-hydrogen) atoms. The molecule has 1 amide bonds. The number of rotatable bonds is 6. The van der Waals surface area contributed by atoms with Gasteiger partial charge in [0.2, 0.25) is 0 Å². The van der Waals surface area contributed by atoms with Crippen molar-refractivity contribution in [2.75, 3.05) is 13.1 Å². The Labute approximate surface area is 195 Å². The van der Waals surface area contributed by atoms with Crippen LogP contribution < -0.4 is 0 Å². The van der Waals surface area contributed by atoms with Crippen molar-refractivity contribution in [1.82, 2.24) is 9.88 Å². The third-order valence-electron chi connectivity index (χ3n) is 5.86. The highest BCUT2D eigenvalue weighted by atomic mass is 32.2. The molecule has 0 bridgehead atoms. The number of amides is 1. The Balaban J connectivity index is 1.69. The summed E-state index contributed by atoms with van der Waals surface area (Å²) in [6.45, 7) is 5.78. The summed E-state index contributed by atoms with van der Waals surface area (Å²) in [4.78, 5) is 22.1. The number of aryl methyl sites for hydroxylation is 1. The van der Waals surface area contributed by atoms with Gasteiger partial charge in [-0.05, 0) is 73.7 Å². The van der Waals surface area contributed by atoms with Crippen LogP contribution in [0.4, 0.5) is 0 Å². The number of aromatic nitrogens is 1. The monoisotopic (exact) mass is 442 g/mol. The first-order valence-corrected chi connectivity index (χ1v) is 12.3. The average Bonchev–Trinajstić information content (AvgIpc) is 2.91. The van der Waals surface area contributed by atoms with E-state index in [-0.39, 0.29) is 5.91 Å². The molecule has 3 nitrogen and oxygen atoms in total. The number of carbonyl (C=O) groups is 1. The van der Waals surface area contributed by atoms with Crippen LogP contribution >= 0.6 is 11.8 Å². The molecule has 4 rings (SSSR count). The lowest BCUT2D eigenvalue weighted by atomic mass is 9.99. The quantitative estimate of drug-likeness (QED) is 0.417. The molecular formula is C28H30N2OS. The molecule has 2 aromatic carbocycles. The number of benzene rings is 2. The predicted octanol–water partition coefficient (Wildman–Crippen LogP) is 6.87. The van der Waals surface area contributed by atoms with Gasteiger partial charge in [-0.25, -0.2) is 0 Å². The number of hydrogen-bond donors (Lipinski definition) is 0. The van der Waals surface area contributed by atoms with E-state index in [1.54, 1.807) is 11.8 Å². The van der Waals surface area contributed by atoms with Gasteiger partial charge < -0.3 is 4.90 Å². The zero-order chi connectivity index (χ0) is 22.3. The van der Waals surface area contributed by atoms with Gasteiger partial charge in [-0.3, -0.25) is 9.78 Å². The summed E-state index contributed by atoms with van der Waals surface area (Å²) in [6.07, 6.45) is 8.08. The lowest BCUT2D eigenvalue weighted by molar-refractivity contribution is 0.0762. The molecule has 0 saturated carbocycles. The van der Waals surface area contributed by atoms with Crippen molar-refractivity contribution >= 4 is 23.2 Å². The maximum Gasteiger partial charge on any atom is 0.253 e. The maximum absolute atomic E-state index is 13.1. The molecule has 0 aliphatic carbocycles. The Morgan fingerprint density at radius 2 is 1.88 bits per heavy atom. The third-order valence-corrected chi connectivity index (χ3v) is 7.05. The van der Waals surface area contributed by atoms with Crippen molar-refractivity contribution in [1.29, 1.82) is 0 Å². The van der Waals surface area contributed by atoms with Gasteiger partial charge in [0.25, 0.3) is 5.91 Å². The first-order chi connectivity index (χ1) is 15.7. The summed E-state index contributed by atoms with van der Waals surface area (Å²) >= 11 is 1.78. The molecular weight excluding hydrogens is 412 g/mol. The molecule has 1 aromatic heterocycles. The van der Waals surface area contributed by atoms with Gasteiger partial charge in [0.15, 0.2) is 0 Å². The molecule has 4 heteroatoms. The van der Waals surface area contributed by atoms with Crippen molar-refractivity contribution in [3.63, 3.8) is 0 Å². The Morgan fingerprint density at radius 1 is 1.03 bits per heavy atom. The maximum atomic E-state index is 13.1. The van der Waals surface area contributed by atoms with E-state index in [0.29, 0.717) is 0 Å². The van der Waals surface area contributed by atoms with Gasteiger partial charge in [-0.1, -0.05) is 55.4 Å². The first-order valence-electron chi connectivity index (χ1n) is 11.5. The molecule has 0 atom stereocenters. The lowest BCUT2D eigenvalue weighted by Gasteiger charge is -2.21. The number of unbranched alkanes of at least 4 members (excludes halogenated alkanes) is 1. The molecule has 0 saturated heterocycles. The van der Waals surface area contributed by atoms with Gasteiger partial charge in [0, 0.05) is 40.2 Å². The Bertz CT molecular complexity index is 1110. The summed E-state index contributed by atoms with van der Waals surface area (Å²) in [5, 5.41) is 0. The summed E-state index contributed by atoms with van der Waals surface area (Å²) in [5.41, 5.74) is 5.41. The van der Waals surface area contributed by atoms with E-state index in [1.807, 2.05) is 29.3 Å². The van der Waals surface area contributed by atoms with Crippen LogP contribution in [0.2, 0.25) is 0 Å². The van der Waals surface area contributed by atoms with Crippen LogP contribution in [0.3, 0.4) is 0 Å². The first kappa shape index (κ1) is 22.3. The molecule has 0 N–H and O–H groups in total. The van der Waals surface area contributed by atoms with Crippen molar-refractivity contribution in [2.45, 2.75) is 49.3 Å². The molecule has 3 aromatic rings. The zero-order valence-corrected chi connectivity index (χ0v) is 19.7. The topological polar surface area (TPSA) is 33.2 Å². The van der Waals surface area contributed by atoms with E-state index < -0.39 is 0 Å². The molecule has 0 fully saturated rings. The van der Waals surface area contributed by atoms with E-state index in [9.17, 15) is 4.79 Å². The highest BCUT2D eigenvalue weighted by molar-refractivity contribution is 7.99. The smallest absolute Gasteiger partial charge is 0.253 e.